The van der Waals surface area contributed by atoms with Crippen molar-refractivity contribution in [2.45, 2.75) is 45.4 Å². The molecule has 128 valence electrons. The van der Waals surface area contributed by atoms with Crippen molar-refractivity contribution in [2.24, 2.45) is 0 Å². The van der Waals surface area contributed by atoms with Crippen molar-refractivity contribution in [2.75, 3.05) is 20.8 Å². The van der Waals surface area contributed by atoms with Crippen LogP contribution in [0.15, 0.2) is 12.1 Å². The summed E-state index contributed by atoms with van der Waals surface area (Å²) >= 11 is 0. The van der Waals surface area contributed by atoms with Gasteiger partial charge in [0.15, 0.2) is 0 Å². The minimum absolute atomic E-state index is 0.109. The van der Waals surface area contributed by atoms with Gasteiger partial charge in [0.25, 0.3) is 0 Å². The summed E-state index contributed by atoms with van der Waals surface area (Å²) in [5, 5.41) is 13.5. The number of amides is 2. The standard InChI is InChI=1S/C17H26N2O4/c1-5-6-11(2)18-17(21)19-9-12-14(22-3)7-8-15(23-4)16(12)13(20)10-19/h7-8,11,13,20H,5-6,9-10H2,1-4H3,(H,18,21)/t11-,13+/m0/s1. The van der Waals surface area contributed by atoms with E-state index in [0.29, 0.717) is 23.6 Å². The Labute approximate surface area is 137 Å². The van der Waals surface area contributed by atoms with Crippen LogP contribution in [0.25, 0.3) is 0 Å². The van der Waals surface area contributed by atoms with Gasteiger partial charge < -0.3 is 24.8 Å². The Hall–Kier alpha value is -1.95. The second-order valence-corrected chi connectivity index (χ2v) is 5.90. The molecule has 1 aliphatic heterocycles. The summed E-state index contributed by atoms with van der Waals surface area (Å²) in [7, 11) is 3.15. The van der Waals surface area contributed by atoms with Crippen LogP contribution < -0.4 is 14.8 Å². The number of hydrogen-bond donors (Lipinski definition) is 2. The lowest BCUT2D eigenvalue weighted by molar-refractivity contribution is 0.0995. The molecule has 0 saturated carbocycles. The molecule has 0 unspecified atom stereocenters. The van der Waals surface area contributed by atoms with Gasteiger partial charge >= 0.3 is 6.03 Å². The van der Waals surface area contributed by atoms with Crippen LogP contribution in [0, 0.1) is 0 Å². The summed E-state index contributed by atoms with van der Waals surface area (Å²) in [6.45, 7) is 4.69. The molecule has 2 N–H and O–H groups in total. The summed E-state index contributed by atoms with van der Waals surface area (Å²) in [5.74, 6) is 1.27. The fourth-order valence-electron chi connectivity index (χ4n) is 3.04. The normalized spacial score (nSPS) is 18.1. The Balaban J connectivity index is 2.24. The van der Waals surface area contributed by atoms with E-state index in [9.17, 15) is 9.90 Å². The zero-order valence-electron chi connectivity index (χ0n) is 14.3. The van der Waals surface area contributed by atoms with E-state index in [1.807, 2.05) is 6.92 Å². The number of hydrogen-bond acceptors (Lipinski definition) is 4. The van der Waals surface area contributed by atoms with E-state index >= 15 is 0 Å². The first-order valence-corrected chi connectivity index (χ1v) is 7.99. The second-order valence-electron chi connectivity index (χ2n) is 5.90. The van der Waals surface area contributed by atoms with Crippen molar-refractivity contribution < 1.29 is 19.4 Å². The molecular weight excluding hydrogens is 296 g/mol. The third kappa shape index (κ3) is 3.69. The number of fused-ring (bicyclic) bond motifs is 1. The summed E-state index contributed by atoms with van der Waals surface area (Å²) < 4.78 is 10.7. The Morgan fingerprint density at radius 1 is 1.39 bits per heavy atom. The van der Waals surface area contributed by atoms with Crippen molar-refractivity contribution in [3.05, 3.63) is 23.3 Å². The summed E-state index contributed by atoms with van der Waals surface area (Å²) in [4.78, 5) is 14.0. The third-order valence-corrected chi connectivity index (χ3v) is 4.17. The Bertz CT molecular complexity index is 562. The molecule has 0 fully saturated rings. The molecule has 6 nitrogen and oxygen atoms in total. The number of carbonyl (C=O) groups excluding carboxylic acids is 1. The van der Waals surface area contributed by atoms with Crippen molar-refractivity contribution in [1.82, 2.24) is 10.2 Å². The molecule has 1 aliphatic rings. The van der Waals surface area contributed by atoms with E-state index in [1.54, 1.807) is 31.3 Å². The van der Waals surface area contributed by atoms with Gasteiger partial charge in [-0.25, -0.2) is 4.79 Å². The van der Waals surface area contributed by atoms with E-state index in [1.165, 1.54) is 0 Å². The predicted octanol–water partition coefficient (Wildman–Crippen LogP) is 2.45. The highest BCUT2D eigenvalue weighted by atomic mass is 16.5. The fraction of sp³-hybridized carbons (Fsp3) is 0.588. The second kappa shape index (κ2) is 7.55. The number of nitrogens with one attached hydrogen (secondary N) is 1. The van der Waals surface area contributed by atoms with Crippen molar-refractivity contribution in [3.63, 3.8) is 0 Å². The fourth-order valence-corrected chi connectivity index (χ4v) is 3.04. The highest BCUT2D eigenvalue weighted by molar-refractivity contribution is 5.75. The third-order valence-electron chi connectivity index (χ3n) is 4.17. The lowest BCUT2D eigenvalue weighted by Crippen LogP contribution is -2.47. The SMILES string of the molecule is CCC[C@H](C)NC(=O)N1Cc2c(OC)ccc(OC)c2[C@H](O)C1. The molecule has 0 spiro atoms. The number of ether oxygens (including phenoxy) is 2. The predicted molar refractivity (Wildman–Crippen MR) is 87.8 cm³/mol. The minimum Gasteiger partial charge on any atom is -0.496 e. The van der Waals surface area contributed by atoms with Crippen LogP contribution in [-0.2, 0) is 6.54 Å². The van der Waals surface area contributed by atoms with Crippen LogP contribution in [0.5, 0.6) is 11.5 Å². The van der Waals surface area contributed by atoms with Crippen LogP contribution in [0.3, 0.4) is 0 Å². The first-order valence-electron chi connectivity index (χ1n) is 7.99. The highest BCUT2D eigenvalue weighted by Crippen LogP contribution is 2.39. The van der Waals surface area contributed by atoms with Gasteiger partial charge in [0.2, 0.25) is 0 Å². The molecule has 0 saturated heterocycles. The minimum atomic E-state index is -0.795. The lowest BCUT2D eigenvalue weighted by Gasteiger charge is -2.34. The van der Waals surface area contributed by atoms with Gasteiger partial charge in [-0.15, -0.1) is 0 Å². The number of aliphatic hydroxyl groups excluding tert-OH is 1. The Kier molecular flexibility index (Phi) is 5.71. The van der Waals surface area contributed by atoms with E-state index in [2.05, 4.69) is 12.2 Å². The van der Waals surface area contributed by atoms with Crippen LogP contribution in [0.4, 0.5) is 4.79 Å². The van der Waals surface area contributed by atoms with Crippen LogP contribution >= 0.6 is 0 Å². The number of nitrogens with zero attached hydrogens (tertiary/aromatic N) is 1. The number of rotatable bonds is 5. The smallest absolute Gasteiger partial charge is 0.318 e. The first kappa shape index (κ1) is 17.4. The van der Waals surface area contributed by atoms with E-state index in [4.69, 9.17) is 9.47 Å². The maximum atomic E-state index is 12.4. The molecule has 1 heterocycles. The molecule has 1 aromatic carbocycles. The highest BCUT2D eigenvalue weighted by Gasteiger charge is 2.32. The largest absolute Gasteiger partial charge is 0.496 e. The van der Waals surface area contributed by atoms with E-state index in [0.717, 1.165) is 18.4 Å². The molecule has 2 rings (SSSR count). The van der Waals surface area contributed by atoms with Crippen LogP contribution in [0.2, 0.25) is 0 Å². The van der Waals surface area contributed by atoms with Crippen LogP contribution in [-0.4, -0.2) is 42.8 Å². The van der Waals surface area contributed by atoms with Gasteiger partial charge in [0.1, 0.15) is 17.6 Å². The Morgan fingerprint density at radius 2 is 2.04 bits per heavy atom. The molecule has 1 aromatic rings. The van der Waals surface area contributed by atoms with E-state index in [-0.39, 0.29) is 18.6 Å². The maximum absolute atomic E-state index is 12.4. The summed E-state index contributed by atoms with van der Waals surface area (Å²) in [6, 6.07) is 3.52. The average molecular weight is 322 g/mol. The number of methoxy groups -OCH3 is 2. The molecule has 0 aromatic heterocycles. The molecule has 23 heavy (non-hydrogen) atoms. The monoisotopic (exact) mass is 322 g/mol. The van der Waals surface area contributed by atoms with Gasteiger partial charge in [0, 0.05) is 17.2 Å². The van der Waals surface area contributed by atoms with E-state index < -0.39 is 6.10 Å². The van der Waals surface area contributed by atoms with Crippen molar-refractivity contribution >= 4 is 6.03 Å². The maximum Gasteiger partial charge on any atom is 0.318 e. The van der Waals surface area contributed by atoms with Gasteiger partial charge in [-0.1, -0.05) is 13.3 Å². The molecule has 0 bridgehead atoms. The Morgan fingerprint density at radius 3 is 2.65 bits per heavy atom. The molecule has 0 aliphatic carbocycles. The van der Waals surface area contributed by atoms with Gasteiger partial charge in [-0.05, 0) is 25.5 Å². The number of aliphatic hydroxyl groups is 1. The quantitative estimate of drug-likeness (QED) is 0.873. The van der Waals surface area contributed by atoms with Gasteiger partial charge in [-0.3, -0.25) is 0 Å². The number of benzene rings is 1. The zero-order chi connectivity index (χ0) is 17.0. The number of carbonyl (C=O) groups is 1. The summed E-state index contributed by atoms with van der Waals surface area (Å²) in [6.07, 6.45) is 1.14. The van der Waals surface area contributed by atoms with Crippen LogP contribution in [0.1, 0.15) is 43.9 Å². The molecule has 6 heteroatoms. The number of β-amino-alcohol motifs (C(OH)–C–C–N with tert-alkyl or cyclic N) is 1. The van der Waals surface area contributed by atoms with Gasteiger partial charge in [0.05, 0.1) is 27.3 Å². The molecule has 2 atom stereocenters. The van der Waals surface area contributed by atoms with Crippen molar-refractivity contribution in [1.29, 1.82) is 0 Å². The molecular formula is C17H26N2O4. The van der Waals surface area contributed by atoms with Crippen molar-refractivity contribution in [3.8, 4) is 11.5 Å². The molecule has 2 amide bonds. The topological polar surface area (TPSA) is 71.0 Å². The summed E-state index contributed by atoms with van der Waals surface area (Å²) in [5.41, 5.74) is 1.50. The first-order chi connectivity index (χ1) is 11.0. The van der Waals surface area contributed by atoms with Gasteiger partial charge in [-0.2, -0.15) is 0 Å². The molecule has 0 radical (unpaired) electrons. The number of urea groups is 1. The average Bonchev–Trinajstić information content (AvgIpc) is 2.53. The zero-order valence-corrected chi connectivity index (χ0v) is 14.3. The lowest BCUT2D eigenvalue weighted by atomic mass is 9.95.